The van der Waals surface area contributed by atoms with Gasteiger partial charge in [-0.1, -0.05) is 18.2 Å². The Morgan fingerprint density at radius 1 is 1.14 bits per heavy atom. The highest BCUT2D eigenvalue weighted by molar-refractivity contribution is 7.89. The summed E-state index contributed by atoms with van der Waals surface area (Å²) in [6.45, 7) is 4.62. The first-order valence-corrected chi connectivity index (χ1v) is 10.0. The minimum absolute atomic E-state index is 0.0480. The zero-order chi connectivity index (χ0) is 21.6. The summed E-state index contributed by atoms with van der Waals surface area (Å²) in [6.07, 6.45) is -4.51. The van der Waals surface area contributed by atoms with Gasteiger partial charge in [-0.05, 0) is 25.5 Å². The molecule has 3 aromatic rings. The van der Waals surface area contributed by atoms with Crippen LogP contribution in [0.4, 0.5) is 13.2 Å². The van der Waals surface area contributed by atoms with Gasteiger partial charge in [0.1, 0.15) is 4.90 Å². The van der Waals surface area contributed by atoms with Crippen molar-refractivity contribution in [1.82, 2.24) is 19.5 Å². The Kier molecular flexibility index (Phi) is 5.30. The van der Waals surface area contributed by atoms with Gasteiger partial charge >= 0.3 is 6.18 Å². The van der Waals surface area contributed by atoms with Crippen molar-refractivity contribution < 1.29 is 26.0 Å². The molecule has 0 aliphatic rings. The molecule has 156 valence electrons. The molecule has 0 aliphatic carbocycles. The Bertz CT molecular complexity index is 1160. The molecule has 0 saturated heterocycles. The molecular formula is C18H19F3N4O3S. The minimum atomic E-state index is -4.51. The molecule has 0 spiro atoms. The molecule has 0 amide bonds. The molecule has 7 nitrogen and oxygen atoms in total. The van der Waals surface area contributed by atoms with Crippen LogP contribution < -0.4 is 4.72 Å². The van der Waals surface area contributed by atoms with E-state index in [-0.39, 0.29) is 34.3 Å². The third kappa shape index (κ3) is 4.06. The second-order valence-corrected chi connectivity index (χ2v) is 8.29. The van der Waals surface area contributed by atoms with E-state index in [1.54, 1.807) is 32.4 Å². The summed E-state index contributed by atoms with van der Waals surface area (Å²) in [4.78, 5) is -0.0480. The number of benzene rings is 1. The van der Waals surface area contributed by atoms with E-state index in [0.717, 1.165) is 12.1 Å². The molecule has 11 heteroatoms. The molecular weight excluding hydrogens is 409 g/mol. The average molecular weight is 428 g/mol. The maximum atomic E-state index is 13.0. The SMILES string of the molecule is Cc1nnc(-c2c(S(=O)(=O)NCc3cccc(C(F)(F)F)c3)c(C)n(C)c2C)o1. The summed E-state index contributed by atoms with van der Waals surface area (Å²) in [5.74, 6) is 0.337. The van der Waals surface area contributed by atoms with Crippen LogP contribution in [0.3, 0.4) is 0 Å². The van der Waals surface area contributed by atoms with E-state index in [2.05, 4.69) is 14.9 Å². The van der Waals surface area contributed by atoms with Crippen molar-refractivity contribution in [1.29, 1.82) is 0 Å². The number of alkyl halides is 3. The van der Waals surface area contributed by atoms with E-state index in [1.165, 1.54) is 12.1 Å². The van der Waals surface area contributed by atoms with Gasteiger partial charge in [-0.15, -0.1) is 10.2 Å². The number of aryl methyl sites for hydroxylation is 1. The smallest absolute Gasteiger partial charge is 0.416 e. The lowest BCUT2D eigenvalue weighted by molar-refractivity contribution is -0.137. The molecule has 1 aromatic carbocycles. The molecule has 0 fully saturated rings. The number of rotatable bonds is 5. The van der Waals surface area contributed by atoms with Crippen molar-refractivity contribution in [2.75, 3.05) is 0 Å². The molecule has 0 saturated carbocycles. The predicted molar refractivity (Wildman–Crippen MR) is 98.4 cm³/mol. The third-order valence-electron chi connectivity index (χ3n) is 4.65. The first-order valence-electron chi connectivity index (χ1n) is 8.54. The fraction of sp³-hybridized carbons (Fsp3) is 0.333. The molecule has 0 radical (unpaired) electrons. The van der Waals surface area contributed by atoms with Gasteiger partial charge in [0, 0.05) is 31.9 Å². The lowest BCUT2D eigenvalue weighted by atomic mass is 10.1. The largest absolute Gasteiger partial charge is 0.421 e. The number of sulfonamides is 1. The van der Waals surface area contributed by atoms with Crippen molar-refractivity contribution >= 4 is 10.0 Å². The van der Waals surface area contributed by atoms with Crippen LogP contribution in [0, 0.1) is 20.8 Å². The van der Waals surface area contributed by atoms with Gasteiger partial charge in [-0.2, -0.15) is 13.2 Å². The summed E-state index contributed by atoms with van der Waals surface area (Å²) >= 11 is 0. The van der Waals surface area contributed by atoms with Crippen molar-refractivity contribution in [3.05, 3.63) is 52.7 Å². The van der Waals surface area contributed by atoms with Crippen LogP contribution in [0.5, 0.6) is 0 Å². The highest BCUT2D eigenvalue weighted by Crippen LogP contribution is 2.34. The lowest BCUT2D eigenvalue weighted by Gasteiger charge is -2.11. The van der Waals surface area contributed by atoms with E-state index in [1.807, 2.05) is 0 Å². The zero-order valence-electron chi connectivity index (χ0n) is 16.1. The minimum Gasteiger partial charge on any atom is -0.421 e. The highest BCUT2D eigenvalue weighted by atomic mass is 32.2. The summed E-state index contributed by atoms with van der Waals surface area (Å²) in [7, 11) is -2.39. The number of hydrogen-bond donors (Lipinski definition) is 1. The maximum Gasteiger partial charge on any atom is 0.416 e. The van der Waals surface area contributed by atoms with Crippen LogP contribution in [-0.4, -0.2) is 23.2 Å². The highest BCUT2D eigenvalue weighted by Gasteiger charge is 2.32. The molecule has 0 unspecified atom stereocenters. The maximum absolute atomic E-state index is 13.0. The van der Waals surface area contributed by atoms with Crippen LogP contribution in [0.1, 0.15) is 28.4 Å². The van der Waals surface area contributed by atoms with Gasteiger partial charge < -0.3 is 8.98 Å². The fourth-order valence-electron chi connectivity index (χ4n) is 3.00. The van der Waals surface area contributed by atoms with Gasteiger partial charge in [0.15, 0.2) is 0 Å². The van der Waals surface area contributed by atoms with Gasteiger partial charge in [-0.25, -0.2) is 13.1 Å². The Labute approximate surface area is 165 Å². The Morgan fingerprint density at radius 2 is 1.83 bits per heavy atom. The van der Waals surface area contributed by atoms with Crippen LogP contribution >= 0.6 is 0 Å². The van der Waals surface area contributed by atoms with Crippen molar-refractivity contribution in [2.24, 2.45) is 7.05 Å². The molecule has 0 atom stereocenters. The van der Waals surface area contributed by atoms with E-state index >= 15 is 0 Å². The lowest BCUT2D eigenvalue weighted by Crippen LogP contribution is -2.24. The van der Waals surface area contributed by atoms with Crippen molar-refractivity contribution in [3.63, 3.8) is 0 Å². The fourth-order valence-corrected chi connectivity index (χ4v) is 4.53. The normalized spacial score (nSPS) is 12.5. The summed E-state index contributed by atoms with van der Waals surface area (Å²) in [6, 6.07) is 4.49. The van der Waals surface area contributed by atoms with E-state index in [9.17, 15) is 21.6 Å². The summed E-state index contributed by atoms with van der Waals surface area (Å²) in [5.41, 5.74) is 0.643. The first kappa shape index (κ1) is 21.1. The average Bonchev–Trinajstić information content (AvgIpc) is 3.16. The molecule has 0 aliphatic heterocycles. The van der Waals surface area contributed by atoms with Crippen LogP contribution in [0.15, 0.2) is 33.6 Å². The number of nitrogens with zero attached hydrogens (tertiary/aromatic N) is 3. The quantitative estimate of drug-likeness (QED) is 0.672. The second-order valence-electron chi connectivity index (χ2n) is 6.58. The van der Waals surface area contributed by atoms with Crippen molar-refractivity contribution in [2.45, 2.75) is 38.4 Å². The number of nitrogens with one attached hydrogen (secondary N) is 1. The van der Waals surface area contributed by atoms with E-state index in [4.69, 9.17) is 4.42 Å². The second kappa shape index (κ2) is 7.30. The van der Waals surface area contributed by atoms with E-state index < -0.39 is 21.8 Å². The molecule has 2 heterocycles. The Hall–Kier alpha value is -2.66. The first-order chi connectivity index (χ1) is 13.4. The van der Waals surface area contributed by atoms with Crippen LogP contribution in [0.25, 0.3) is 11.5 Å². The molecule has 3 rings (SSSR count). The molecule has 1 N–H and O–H groups in total. The monoisotopic (exact) mass is 428 g/mol. The van der Waals surface area contributed by atoms with Gasteiger partial charge in [0.2, 0.25) is 15.9 Å². The zero-order valence-corrected chi connectivity index (χ0v) is 16.9. The van der Waals surface area contributed by atoms with Gasteiger partial charge in [-0.3, -0.25) is 0 Å². The number of halogens is 3. The standard InChI is InChI=1S/C18H19F3N4O3S/c1-10-15(17-24-23-12(3)28-17)16(11(2)25(10)4)29(26,27)22-9-13-6-5-7-14(8-13)18(19,20)21/h5-8,22H,9H2,1-4H3. The Balaban J connectivity index is 1.98. The third-order valence-corrected chi connectivity index (χ3v) is 6.21. The van der Waals surface area contributed by atoms with Crippen LogP contribution in [0.2, 0.25) is 0 Å². The van der Waals surface area contributed by atoms with Gasteiger partial charge in [0.25, 0.3) is 5.89 Å². The summed E-state index contributed by atoms with van der Waals surface area (Å²) in [5, 5.41) is 7.66. The van der Waals surface area contributed by atoms with Crippen LogP contribution in [-0.2, 0) is 29.8 Å². The van der Waals surface area contributed by atoms with Crippen molar-refractivity contribution in [3.8, 4) is 11.5 Å². The van der Waals surface area contributed by atoms with E-state index in [0.29, 0.717) is 11.4 Å². The number of hydrogen-bond acceptors (Lipinski definition) is 5. The molecule has 0 bridgehead atoms. The number of aromatic nitrogens is 3. The molecule has 29 heavy (non-hydrogen) atoms. The Morgan fingerprint density at radius 3 is 2.41 bits per heavy atom. The van der Waals surface area contributed by atoms with Gasteiger partial charge in [0.05, 0.1) is 11.1 Å². The summed E-state index contributed by atoms with van der Waals surface area (Å²) < 4.78 is 74.2. The molecule has 2 aromatic heterocycles. The predicted octanol–water partition coefficient (Wildman–Crippen LogP) is 3.50. The topological polar surface area (TPSA) is 90.0 Å².